The van der Waals surface area contributed by atoms with E-state index >= 15 is 0 Å². The molecular weight excluding hydrogens is 162 g/mol. The minimum Gasteiger partial charge on any atom is -0.306 e. The van der Waals surface area contributed by atoms with Gasteiger partial charge in [0.1, 0.15) is 0 Å². The van der Waals surface area contributed by atoms with Crippen LogP contribution in [-0.4, -0.2) is 35.5 Å². The van der Waals surface area contributed by atoms with Crippen molar-refractivity contribution in [1.82, 2.24) is 4.90 Å². The van der Waals surface area contributed by atoms with Gasteiger partial charge in [-0.15, -0.1) is 0 Å². The SMILES string of the molecule is CC(S)C(S)C(C)N(C)C. The van der Waals surface area contributed by atoms with Crippen molar-refractivity contribution in [2.24, 2.45) is 0 Å². The molecule has 0 saturated heterocycles. The summed E-state index contributed by atoms with van der Waals surface area (Å²) in [5.41, 5.74) is 0. The quantitative estimate of drug-likeness (QED) is 0.622. The molecule has 0 aliphatic rings. The second-order valence-electron chi connectivity index (χ2n) is 2.94. The third-order valence-electron chi connectivity index (χ3n) is 1.80. The van der Waals surface area contributed by atoms with E-state index in [9.17, 15) is 0 Å². The Labute approximate surface area is 75.0 Å². The number of nitrogens with zero attached hydrogens (tertiary/aromatic N) is 1. The second-order valence-corrected chi connectivity index (χ2v) is 4.35. The smallest absolute Gasteiger partial charge is 0.0283 e. The number of rotatable bonds is 3. The lowest BCUT2D eigenvalue weighted by atomic mass is 10.1. The Hall–Kier alpha value is 0.660. The summed E-state index contributed by atoms with van der Waals surface area (Å²) in [6, 6.07) is 0.482. The minimum atomic E-state index is 0.346. The van der Waals surface area contributed by atoms with Crippen molar-refractivity contribution < 1.29 is 0 Å². The predicted molar refractivity (Wildman–Crippen MR) is 54.4 cm³/mol. The van der Waals surface area contributed by atoms with Crippen LogP contribution in [0.5, 0.6) is 0 Å². The van der Waals surface area contributed by atoms with Gasteiger partial charge >= 0.3 is 0 Å². The molecule has 0 aromatic carbocycles. The van der Waals surface area contributed by atoms with E-state index in [4.69, 9.17) is 0 Å². The third-order valence-corrected chi connectivity index (χ3v) is 3.24. The monoisotopic (exact) mass is 179 g/mol. The van der Waals surface area contributed by atoms with Crippen molar-refractivity contribution in [3.63, 3.8) is 0 Å². The molecule has 1 nitrogen and oxygen atoms in total. The van der Waals surface area contributed by atoms with Crippen molar-refractivity contribution in [3.8, 4) is 0 Å². The summed E-state index contributed by atoms with van der Waals surface area (Å²) in [5, 5.41) is 0.694. The fourth-order valence-corrected chi connectivity index (χ4v) is 1.22. The molecule has 0 N–H and O–H groups in total. The topological polar surface area (TPSA) is 3.24 Å². The van der Waals surface area contributed by atoms with Crippen molar-refractivity contribution in [2.45, 2.75) is 30.4 Å². The maximum atomic E-state index is 4.44. The molecule has 62 valence electrons. The van der Waals surface area contributed by atoms with Crippen LogP contribution in [0.1, 0.15) is 13.8 Å². The first kappa shape index (κ1) is 10.7. The fraction of sp³-hybridized carbons (Fsp3) is 1.00. The number of hydrogen-bond acceptors (Lipinski definition) is 3. The van der Waals surface area contributed by atoms with E-state index in [2.05, 4.69) is 58.1 Å². The van der Waals surface area contributed by atoms with Crippen LogP contribution in [0.3, 0.4) is 0 Å². The lowest BCUT2D eigenvalue weighted by Crippen LogP contribution is -2.37. The van der Waals surface area contributed by atoms with E-state index in [1.165, 1.54) is 0 Å². The summed E-state index contributed by atoms with van der Waals surface area (Å²) >= 11 is 8.76. The maximum Gasteiger partial charge on any atom is 0.0283 e. The van der Waals surface area contributed by atoms with Gasteiger partial charge < -0.3 is 4.90 Å². The number of thiol groups is 2. The summed E-state index contributed by atoms with van der Waals surface area (Å²) in [6.45, 7) is 4.23. The van der Waals surface area contributed by atoms with Crippen LogP contribution in [-0.2, 0) is 0 Å². The van der Waals surface area contributed by atoms with Crippen LogP contribution in [0.4, 0.5) is 0 Å². The molecule has 0 fully saturated rings. The van der Waals surface area contributed by atoms with E-state index in [0.29, 0.717) is 16.5 Å². The fourth-order valence-electron chi connectivity index (χ4n) is 0.709. The highest BCUT2D eigenvalue weighted by Crippen LogP contribution is 2.14. The van der Waals surface area contributed by atoms with Gasteiger partial charge in [0.25, 0.3) is 0 Å². The van der Waals surface area contributed by atoms with Crippen LogP contribution in [0, 0.1) is 0 Å². The van der Waals surface area contributed by atoms with Gasteiger partial charge in [0, 0.05) is 16.5 Å². The van der Waals surface area contributed by atoms with Gasteiger partial charge in [-0.25, -0.2) is 0 Å². The molecule has 0 aliphatic heterocycles. The van der Waals surface area contributed by atoms with E-state index < -0.39 is 0 Å². The average molecular weight is 179 g/mol. The highest BCUT2D eigenvalue weighted by atomic mass is 32.1. The summed E-state index contributed by atoms with van der Waals surface area (Å²) in [6.07, 6.45) is 0. The molecule has 0 aromatic heterocycles. The molecule has 0 rings (SSSR count). The molecule has 3 heteroatoms. The zero-order valence-corrected chi connectivity index (χ0v) is 8.86. The van der Waals surface area contributed by atoms with Crippen LogP contribution >= 0.6 is 25.3 Å². The molecule has 0 aliphatic carbocycles. The molecule has 0 radical (unpaired) electrons. The van der Waals surface area contributed by atoms with Crippen LogP contribution < -0.4 is 0 Å². The molecule has 0 amide bonds. The highest BCUT2D eigenvalue weighted by Gasteiger charge is 2.18. The average Bonchev–Trinajstić information content (AvgIpc) is 1.84. The first-order chi connectivity index (χ1) is 4.46. The Kier molecular flexibility index (Phi) is 4.82. The lowest BCUT2D eigenvalue weighted by molar-refractivity contribution is 0.307. The zero-order chi connectivity index (χ0) is 8.31. The summed E-state index contributed by atoms with van der Waals surface area (Å²) in [7, 11) is 4.12. The van der Waals surface area contributed by atoms with Gasteiger partial charge in [-0.1, -0.05) is 6.92 Å². The first-order valence-electron chi connectivity index (χ1n) is 3.49. The molecule has 0 heterocycles. The Morgan fingerprint density at radius 3 is 1.60 bits per heavy atom. The van der Waals surface area contributed by atoms with Gasteiger partial charge in [0.05, 0.1) is 0 Å². The molecule has 0 saturated carbocycles. The van der Waals surface area contributed by atoms with Crippen molar-refractivity contribution in [3.05, 3.63) is 0 Å². The number of hydrogen-bond donors (Lipinski definition) is 2. The van der Waals surface area contributed by atoms with Crippen molar-refractivity contribution in [2.75, 3.05) is 14.1 Å². The third kappa shape index (κ3) is 3.17. The van der Waals surface area contributed by atoms with E-state index in [0.717, 1.165) is 0 Å². The lowest BCUT2D eigenvalue weighted by Gasteiger charge is -2.27. The van der Waals surface area contributed by atoms with Crippen molar-refractivity contribution in [1.29, 1.82) is 0 Å². The van der Waals surface area contributed by atoms with Gasteiger partial charge in [-0.3, -0.25) is 0 Å². The molecular formula is C7H17NS2. The maximum absolute atomic E-state index is 4.44. The van der Waals surface area contributed by atoms with E-state index in [1.54, 1.807) is 0 Å². The molecule has 0 aromatic rings. The summed E-state index contributed by atoms with van der Waals surface area (Å²) < 4.78 is 0. The predicted octanol–water partition coefficient (Wildman–Crippen LogP) is 1.55. The minimum absolute atomic E-state index is 0.346. The van der Waals surface area contributed by atoms with Gasteiger partial charge in [-0.2, -0.15) is 25.3 Å². The Balaban J connectivity index is 3.81. The molecule has 10 heavy (non-hydrogen) atoms. The molecule has 3 atom stereocenters. The highest BCUT2D eigenvalue weighted by molar-refractivity contribution is 7.85. The Morgan fingerprint density at radius 2 is 1.50 bits per heavy atom. The van der Waals surface area contributed by atoms with E-state index in [1.807, 2.05) is 0 Å². The van der Waals surface area contributed by atoms with Gasteiger partial charge in [0.2, 0.25) is 0 Å². The Morgan fingerprint density at radius 1 is 1.10 bits per heavy atom. The largest absolute Gasteiger partial charge is 0.306 e. The molecule has 3 unspecified atom stereocenters. The summed E-state index contributed by atoms with van der Waals surface area (Å²) in [5.74, 6) is 0. The van der Waals surface area contributed by atoms with Crippen LogP contribution in [0.25, 0.3) is 0 Å². The zero-order valence-electron chi connectivity index (χ0n) is 7.07. The van der Waals surface area contributed by atoms with Gasteiger partial charge in [-0.05, 0) is 21.0 Å². The molecule has 0 bridgehead atoms. The second kappa shape index (κ2) is 4.52. The van der Waals surface area contributed by atoms with E-state index in [-0.39, 0.29) is 0 Å². The Bertz CT molecular complexity index is 81.6. The van der Waals surface area contributed by atoms with Crippen molar-refractivity contribution >= 4 is 25.3 Å². The normalized spacial score (nSPS) is 20.7. The standard InChI is InChI=1S/C7H17NS2/c1-5(8(3)4)7(10)6(2)9/h5-7,9-10H,1-4H3. The van der Waals surface area contributed by atoms with Gasteiger partial charge in [0.15, 0.2) is 0 Å². The van der Waals surface area contributed by atoms with Crippen LogP contribution in [0.2, 0.25) is 0 Å². The molecule has 0 spiro atoms. The first-order valence-corrected chi connectivity index (χ1v) is 4.52. The summed E-state index contributed by atoms with van der Waals surface area (Å²) in [4.78, 5) is 2.16. The van der Waals surface area contributed by atoms with Crippen LogP contribution in [0.15, 0.2) is 0 Å².